The maximum Gasteiger partial charge on any atom is 0.330 e. The molecule has 0 saturated carbocycles. The number of rotatable bonds is 4. The van der Waals surface area contributed by atoms with Gasteiger partial charge in [0.05, 0.1) is 6.61 Å². The van der Waals surface area contributed by atoms with Crippen LogP contribution in [-0.4, -0.2) is 85.9 Å². The molecule has 0 spiro atoms. The van der Waals surface area contributed by atoms with Crippen molar-refractivity contribution in [1.29, 1.82) is 0 Å². The molecule has 2 aliphatic heterocycles. The molecule has 0 unspecified atom stereocenters. The number of ether oxygens (including phenoxy) is 1. The first-order chi connectivity index (χ1) is 11.4. The van der Waals surface area contributed by atoms with Crippen molar-refractivity contribution in [3.8, 4) is 0 Å². The van der Waals surface area contributed by atoms with Gasteiger partial charge in [-0.25, -0.2) is 9.59 Å². The van der Waals surface area contributed by atoms with Gasteiger partial charge in [-0.1, -0.05) is 0 Å². The fraction of sp³-hybridized carbons (Fsp3) is 0.800. The lowest BCUT2D eigenvalue weighted by molar-refractivity contribution is -0.157. The number of carbonyl (C=O) groups is 3. The summed E-state index contributed by atoms with van der Waals surface area (Å²) in [4.78, 5) is 41.3. The number of hydrogen-bond acceptors (Lipinski definition) is 5. The second-order valence-corrected chi connectivity index (χ2v) is 6.59. The molecule has 24 heavy (non-hydrogen) atoms. The molecular weight excluding hydrogens is 311 g/mol. The summed E-state index contributed by atoms with van der Waals surface area (Å²) in [7, 11) is 1.94. The van der Waals surface area contributed by atoms with Gasteiger partial charge in [0.25, 0.3) is 0 Å². The second kappa shape index (κ2) is 8.37. The summed E-state index contributed by atoms with van der Waals surface area (Å²) in [6.07, 6.45) is 1.95. The molecule has 1 atom stereocenters. The molecule has 0 aromatic carbocycles. The molecule has 0 bridgehead atoms. The Morgan fingerprint density at radius 3 is 2.42 bits per heavy atom. The zero-order valence-electron chi connectivity index (χ0n) is 14.6. The zero-order valence-corrected chi connectivity index (χ0v) is 14.6. The summed E-state index contributed by atoms with van der Waals surface area (Å²) in [6, 6.07) is -0.928. The van der Waals surface area contributed by atoms with E-state index < -0.39 is 12.1 Å². The summed E-state index contributed by atoms with van der Waals surface area (Å²) in [5.74, 6) is -0.102. The first-order valence-corrected chi connectivity index (χ1v) is 8.61. The van der Waals surface area contributed by atoms with E-state index in [1.807, 2.05) is 12.8 Å². The van der Waals surface area contributed by atoms with Crippen molar-refractivity contribution in [3.05, 3.63) is 0 Å². The maximum atomic E-state index is 12.7. The van der Waals surface area contributed by atoms with Gasteiger partial charge in [-0.2, -0.15) is 0 Å². The van der Waals surface area contributed by atoms with Crippen molar-refractivity contribution in [3.63, 3.8) is 0 Å². The van der Waals surface area contributed by atoms with E-state index in [0.29, 0.717) is 39.2 Å². The third kappa shape index (κ3) is 4.62. The summed E-state index contributed by atoms with van der Waals surface area (Å²) >= 11 is 0. The normalized spacial score (nSPS) is 23.1. The first kappa shape index (κ1) is 18.6. The summed E-state index contributed by atoms with van der Waals surface area (Å²) < 4.78 is 5.12. The standard InChI is InChI=1S/C15H27BN4O4/c1-2-24-14(22)12-10-19(16)7-8-20(12)13(21)9-11-3-5-18(6-4-11)15(17)23/h11-12H,2-10,16H2,1H3,(H2,17,23)/t12-/m1/s1. The van der Waals surface area contributed by atoms with Crippen molar-refractivity contribution in [2.45, 2.75) is 32.2 Å². The molecule has 0 aromatic rings. The number of piperidine rings is 1. The lowest BCUT2D eigenvalue weighted by atomic mass is 9.92. The molecular formula is C15H27BN4O4. The van der Waals surface area contributed by atoms with Crippen molar-refractivity contribution in [2.75, 3.05) is 39.3 Å². The van der Waals surface area contributed by atoms with E-state index in [1.54, 1.807) is 16.7 Å². The smallest absolute Gasteiger partial charge is 0.330 e. The van der Waals surface area contributed by atoms with Crippen LogP contribution in [0.2, 0.25) is 0 Å². The second-order valence-electron chi connectivity index (χ2n) is 6.59. The molecule has 2 saturated heterocycles. The van der Waals surface area contributed by atoms with Crippen molar-refractivity contribution < 1.29 is 19.1 Å². The van der Waals surface area contributed by atoms with E-state index in [2.05, 4.69) is 0 Å². The van der Waals surface area contributed by atoms with E-state index in [-0.39, 0.29) is 17.8 Å². The fourth-order valence-corrected chi connectivity index (χ4v) is 3.38. The maximum absolute atomic E-state index is 12.7. The molecule has 2 rings (SSSR count). The number of primary amides is 1. The van der Waals surface area contributed by atoms with Crippen LogP contribution < -0.4 is 5.73 Å². The quantitative estimate of drug-likeness (QED) is 0.513. The molecule has 2 heterocycles. The number of amides is 3. The number of esters is 1. The molecule has 134 valence electrons. The van der Waals surface area contributed by atoms with Crippen LogP contribution in [0, 0.1) is 5.92 Å². The molecule has 2 aliphatic rings. The third-order valence-corrected chi connectivity index (χ3v) is 4.85. The number of likely N-dealkylation sites (tertiary alicyclic amines) is 1. The third-order valence-electron chi connectivity index (χ3n) is 4.85. The number of piperazine rings is 1. The predicted molar refractivity (Wildman–Crippen MR) is 90.7 cm³/mol. The van der Waals surface area contributed by atoms with Crippen molar-refractivity contribution in [2.24, 2.45) is 11.7 Å². The number of nitrogens with two attached hydrogens (primary N) is 1. The summed E-state index contributed by atoms with van der Waals surface area (Å²) in [6.45, 7) is 5.07. The van der Waals surface area contributed by atoms with Gasteiger partial charge in [-0.05, 0) is 25.7 Å². The Kier molecular flexibility index (Phi) is 6.48. The van der Waals surface area contributed by atoms with Gasteiger partial charge in [0, 0.05) is 39.1 Å². The SMILES string of the molecule is BN1CCN(C(=O)CC2CCN(C(N)=O)CC2)[C@@H](C(=O)OCC)C1. The van der Waals surface area contributed by atoms with E-state index in [4.69, 9.17) is 10.5 Å². The first-order valence-electron chi connectivity index (χ1n) is 8.61. The Balaban J connectivity index is 1.92. The van der Waals surface area contributed by atoms with Gasteiger partial charge in [-0.15, -0.1) is 0 Å². The van der Waals surface area contributed by atoms with Gasteiger partial charge in [-0.3, -0.25) is 4.79 Å². The molecule has 9 heteroatoms. The lowest BCUT2D eigenvalue weighted by Crippen LogP contribution is -2.58. The number of urea groups is 1. The van der Waals surface area contributed by atoms with Crippen molar-refractivity contribution in [1.82, 2.24) is 14.6 Å². The van der Waals surface area contributed by atoms with Crippen LogP contribution in [-0.2, 0) is 14.3 Å². The fourth-order valence-electron chi connectivity index (χ4n) is 3.38. The molecule has 2 N–H and O–H groups in total. The highest BCUT2D eigenvalue weighted by Gasteiger charge is 2.36. The van der Waals surface area contributed by atoms with Gasteiger partial charge in [0.1, 0.15) is 6.04 Å². The molecule has 0 aromatic heterocycles. The Bertz CT molecular complexity index is 482. The van der Waals surface area contributed by atoms with Gasteiger partial charge < -0.3 is 25.1 Å². The van der Waals surface area contributed by atoms with E-state index in [1.165, 1.54) is 0 Å². The topological polar surface area (TPSA) is 96.2 Å². The van der Waals surface area contributed by atoms with Crippen LogP contribution in [0.15, 0.2) is 0 Å². The lowest BCUT2D eigenvalue weighted by Gasteiger charge is -2.40. The Morgan fingerprint density at radius 2 is 1.83 bits per heavy atom. The number of carbonyl (C=O) groups excluding carboxylic acids is 3. The molecule has 3 amide bonds. The number of nitrogens with zero attached hydrogens (tertiary/aromatic N) is 3. The van der Waals surface area contributed by atoms with Crippen LogP contribution in [0.1, 0.15) is 26.2 Å². The minimum Gasteiger partial charge on any atom is -0.464 e. The van der Waals surface area contributed by atoms with Crippen molar-refractivity contribution >= 4 is 25.9 Å². The highest BCUT2D eigenvalue weighted by Crippen LogP contribution is 2.23. The highest BCUT2D eigenvalue weighted by atomic mass is 16.5. The van der Waals surface area contributed by atoms with Crippen LogP contribution in [0.25, 0.3) is 0 Å². The van der Waals surface area contributed by atoms with Gasteiger partial charge in [0.2, 0.25) is 5.91 Å². The highest BCUT2D eigenvalue weighted by molar-refractivity contribution is 6.04. The minimum absolute atomic E-state index is 0.00122. The van der Waals surface area contributed by atoms with E-state index in [9.17, 15) is 14.4 Å². The van der Waals surface area contributed by atoms with Crippen LogP contribution in [0.4, 0.5) is 4.79 Å². The summed E-state index contributed by atoms with van der Waals surface area (Å²) in [5.41, 5.74) is 5.28. The van der Waals surface area contributed by atoms with Gasteiger partial charge in [0.15, 0.2) is 7.98 Å². The minimum atomic E-state index is -0.526. The van der Waals surface area contributed by atoms with Gasteiger partial charge >= 0.3 is 12.0 Å². The zero-order chi connectivity index (χ0) is 17.7. The van der Waals surface area contributed by atoms with Crippen LogP contribution in [0.3, 0.4) is 0 Å². The Hall–Kier alpha value is -1.77. The summed E-state index contributed by atoms with van der Waals surface area (Å²) in [5, 5.41) is 0. The van der Waals surface area contributed by atoms with Crippen LogP contribution in [0.5, 0.6) is 0 Å². The molecule has 8 nitrogen and oxygen atoms in total. The largest absolute Gasteiger partial charge is 0.464 e. The average Bonchev–Trinajstić information content (AvgIpc) is 2.55. The Labute approximate surface area is 143 Å². The molecule has 0 radical (unpaired) electrons. The Morgan fingerprint density at radius 1 is 1.17 bits per heavy atom. The molecule has 2 fully saturated rings. The molecule has 0 aliphatic carbocycles. The predicted octanol–water partition coefficient (Wildman–Crippen LogP) is -1.21. The van der Waals surface area contributed by atoms with E-state index in [0.717, 1.165) is 19.4 Å². The van der Waals surface area contributed by atoms with E-state index >= 15 is 0 Å². The number of hydrogen-bond donors (Lipinski definition) is 1. The average molecular weight is 338 g/mol. The van der Waals surface area contributed by atoms with Crippen LogP contribution >= 0.6 is 0 Å². The monoisotopic (exact) mass is 338 g/mol.